The first kappa shape index (κ1) is 17.7. The lowest BCUT2D eigenvalue weighted by Crippen LogP contribution is -2.08. The second-order valence-corrected chi connectivity index (χ2v) is 5.85. The predicted molar refractivity (Wildman–Crippen MR) is 93.0 cm³/mol. The van der Waals surface area contributed by atoms with Crippen LogP contribution < -0.4 is 23.7 Å². The number of hydrogen-bond donors (Lipinski definition) is 1. The molecule has 1 aliphatic heterocycles. The van der Waals surface area contributed by atoms with Crippen LogP contribution in [0.5, 0.6) is 28.7 Å². The van der Waals surface area contributed by atoms with Gasteiger partial charge in [0.25, 0.3) is 0 Å². The van der Waals surface area contributed by atoms with E-state index in [9.17, 15) is 4.79 Å². The molecule has 2 atom stereocenters. The topological polar surface area (TPSA) is 83.5 Å². The second-order valence-electron chi connectivity index (χ2n) is 5.85. The van der Waals surface area contributed by atoms with Gasteiger partial charge in [0.05, 0.1) is 21.3 Å². The number of carboxylic acid groups (broad SMARTS) is 1. The van der Waals surface area contributed by atoms with E-state index < -0.39 is 6.16 Å². The van der Waals surface area contributed by atoms with Gasteiger partial charge in [0, 0.05) is 17.5 Å². The molecule has 7 nitrogen and oxygen atoms in total. The minimum atomic E-state index is -1.38. The number of methoxy groups -OCH3 is 3. The summed E-state index contributed by atoms with van der Waals surface area (Å²) in [7, 11) is 4.66. The summed E-state index contributed by atoms with van der Waals surface area (Å²) in [6, 6.07) is 8.76. The Morgan fingerprint density at radius 1 is 1.00 bits per heavy atom. The molecule has 1 aliphatic rings. The van der Waals surface area contributed by atoms with Crippen molar-refractivity contribution in [3.8, 4) is 28.7 Å². The molecule has 0 radical (unpaired) electrons. The fourth-order valence-corrected chi connectivity index (χ4v) is 3.15. The van der Waals surface area contributed by atoms with Crippen LogP contribution in [0.3, 0.4) is 0 Å². The van der Waals surface area contributed by atoms with Gasteiger partial charge in [0.1, 0.15) is 11.9 Å². The molecular formula is C19H20O7. The molecule has 7 heteroatoms. The maximum atomic E-state index is 10.8. The van der Waals surface area contributed by atoms with Gasteiger partial charge in [-0.25, -0.2) is 4.79 Å². The molecule has 0 aromatic heterocycles. The fourth-order valence-electron chi connectivity index (χ4n) is 3.15. The highest BCUT2D eigenvalue weighted by atomic mass is 16.7. The number of fused-ring (bicyclic) bond motifs is 1. The van der Waals surface area contributed by atoms with Crippen LogP contribution in [-0.4, -0.2) is 32.6 Å². The molecule has 0 spiro atoms. The molecule has 3 rings (SSSR count). The summed E-state index contributed by atoms with van der Waals surface area (Å²) < 4.78 is 26.9. The maximum absolute atomic E-state index is 10.8. The minimum Gasteiger partial charge on any atom is -0.493 e. The van der Waals surface area contributed by atoms with Gasteiger partial charge in [-0.3, -0.25) is 0 Å². The van der Waals surface area contributed by atoms with Crippen molar-refractivity contribution >= 4 is 6.16 Å². The highest BCUT2D eigenvalue weighted by Crippen LogP contribution is 2.52. The second kappa shape index (κ2) is 7.03. The molecule has 0 bridgehead atoms. The fraction of sp³-hybridized carbons (Fsp3) is 0.316. The van der Waals surface area contributed by atoms with Crippen molar-refractivity contribution in [2.45, 2.75) is 18.9 Å². The monoisotopic (exact) mass is 360 g/mol. The van der Waals surface area contributed by atoms with Crippen molar-refractivity contribution in [2.24, 2.45) is 0 Å². The molecule has 1 N–H and O–H groups in total. The van der Waals surface area contributed by atoms with E-state index in [0.717, 1.165) is 11.1 Å². The molecule has 0 saturated carbocycles. The first-order chi connectivity index (χ1) is 12.5. The molecule has 138 valence electrons. The lowest BCUT2D eigenvalue weighted by Gasteiger charge is -2.18. The normalized spacial score (nSPS) is 17.8. The van der Waals surface area contributed by atoms with Crippen LogP contribution in [0.25, 0.3) is 0 Å². The van der Waals surface area contributed by atoms with Crippen molar-refractivity contribution in [1.29, 1.82) is 0 Å². The van der Waals surface area contributed by atoms with Gasteiger partial charge in [-0.05, 0) is 23.8 Å². The van der Waals surface area contributed by atoms with Gasteiger partial charge in [-0.1, -0.05) is 13.0 Å². The summed E-state index contributed by atoms with van der Waals surface area (Å²) in [6.45, 7) is 2.00. The summed E-state index contributed by atoms with van der Waals surface area (Å²) >= 11 is 0. The van der Waals surface area contributed by atoms with Crippen molar-refractivity contribution in [3.63, 3.8) is 0 Å². The van der Waals surface area contributed by atoms with Gasteiger partial charge in [0.2, 0.25) is 0 Å². The summed E-state index contributed by atoms with van der Waals surface area (Å²) in [5, 5.41) is 8.86. The van der Waals surface area contributed by atoms with E-state index in [1.807, 2.05) is 25.1 Å². The van der Waals surface area contributed by atoms with Crippen molar-refractivity contribution in [2.75, 3.05) is 21.3 Å². The Labute approximate surface area is 151 Å². The zero-order valence-corrected chi connectivity index (χ0v) is 14.9. The average molecular weight is 360 g/mol. The predicted octanol–water partition coefficient (Wildman–Crippen LogP) is 4.01. The number of rotatable bonds is 5. The van der Waals surface area contributed by atoms with Crippen molar-refractivity contribution in [1.82, 2.24) is 0 Å². The molecule has 0 fully saturated rings. The molecule has 0 unspecified atom stereocenters. The van der Waals surface area contributed by atoms with E-state index in [-0.39, 0.29) is 17.8 Å². The Morgan fingerprint density at radius 2 is 1.69 bits per heavy atom. The van der Waals surface area contributed by atoms with E-state index in [1.54, 1.807) is 20.3 Å². The zero-order valence-electron chi connectivity index (χ0n) is 14.9. The van der Waals surface area contributed by atoms with Gasteiger partial charge < -0.3 is 28.8 Å². The Balaban J connectivity index is 1.99. The number of carbonyl (C=O) groups is 1. The minimum absolute atomic E-state index is 0.0469. The van der Waals surface area contributed by atoms with E-state index >= 15 is 0 Å². The number of ether oxygens (including phenoxy) is 5. The number of benzene rings is 2. The van der Waals surface area contributed by atoms with Crippen LogP contribution in [0.1, 0.15) is 30.1 Å². The van der Waals surface area contributed by atoms with Crippen molar-refractivity contribution in [3.05, 3.63) is 41.5 Å². The smallest absolute Gasteiger partial charge is 0.493 e. The summed E-state index contributed by atoms with van der Waals surface area (Å²) in [6.07, 6.45) is -1.66. The van der Waals surface area contributed by atoms with Gasteiger partial charge >= 0.3 is 6.16 Å². The largest absolute Gasteiger partial charge is 0.511 e. The van der Waals surface area contributed by atoms with Gasteiger partial charge in [-0.2, -0.15) is 0 Å². The van der Waals surface area contributed by atoms with E-state index in [0.29, 0.717) is 23.0 Å². The molecule has 2 aromatic carbocycles. The SMILES string of the molecule is COc1ccc([C@H]2Oc3c(OC)cc(OC(=O)O)cc3[C@@H]2C)cc1OC. The van der Waals surface area contributed by atoms with E-state index in [4.69, 9.17) is 28.8 Å². The molecule has 1 heterocycles. The maximum Gasteiger partial charge on any atom is 0.511 e. The summed E-state index contributed by atoms with van der Waals surface area (Å²) in [5.74, 6) is 2.39. The van der Waals surface area contributed by atoms with Gasteiger partial charge in [-0.15, -0.1) is 0 Å². The van der Waals surface area contributed by atoms with Crippen LogP contribution in [-0.2, 0) is 0 Å². The van der Waals surface area contributed by atoms with E-state index in [1.165, 1.54) is 13.2 Å². The average Bonchev–Trinajstić information content (AvgIpc) is 2.97. The Kier molecular flexibility index (Phi) is 4.79. The van der Waals surface area contributed by atoms with Crippen LogP contribution in [0.2, 0.25) is 0 Å². The van der Waals surface area contributed by atoms with Crippen LogP contribution in [0.15, 0.2) is 30.3 Å². The summed E-state index contributed by atoms with van der Waals surface area (Å²) in [4.78, 5) is 10.8. The third-order valence-corrected chi connectivity index (χ3v) is 4.41. The van der Waals surface area contributed by atoms with E-state index in [2.05, 4.69) is 0 Å². The molecule has 2 aromatic rings. The molecule has 0 amide bonds. The Bertz CT molecular complexity index is 831. The first-order valence-electron chi connectivity index (χ1n) is 7.99. The number of hydrogen-bond acceptors (Lipinski definition) is 6. The molecular weight excluding hydrogens is 340 g/mol. The standard InChI is InChI=1S/C19H20O7/c1-10-13-8-12(25-19(20)21)9-16(24-4)18(13)26-17(10)11-5-6-14(22-2)15(7-11)23-3/h5-10,17H,1-4H3,(H,20,21)/t10-,17-/m0/s1. The first-order valence-corrected chi connectivity index (χ1v) is 7.99. The lowest BCUT2D eigenvalue weighted by atomic mass is 9.92. The zero-order chi connectivity index (χ0) is 18.8. The Morgan fingerprint density at radius 3 is 2.31 bits per heavy atom. The van der Waals surface area contributed by atoms with Crippen LogP contribution in [0, 0.1) is 0 Å². The van der Waals surface area contributed by atoms with Crippen LogP contribution >= 0.6 is 0 Å². The third-order valence-electron chi connectivity index (χ3n) is 4.41. The highest BCUT2D eigenvalue weighted by Gasteiger charge is 2.36. The quantitative estimate of drug-likeness (QED) is 0.637. The highest BCUT2D eigenvalue weighted by molar-refractivity contribution is 5.64. The Hall–Kier alpha value is -3.09. The molecule has 0 aliphatic carbocycles. The van der Waals surface area contributed by atoms with Crippen molar-refractivity contribution < 1.29 is 33.6 Å². The van der Waals surface area contributed by atoms with Crippen LogP contribution in [0.4, 0.5) is 4.79 Å². The van der Waals surface area contributed by atoms with Gasteiger partial charge in [0.15, 0.2) is 23.0 Å². The summed E-state index contributed by atoms with van der Waals surface area (Å²) in [5.41, 5.74) is 1.73. The third kappa shape index (κ3) is 3.08. The molecule has 0 saturated heterocycles. The lowest BCUT2D eigenvalue weighted by molar-refractivity contribution is 0.144. The molecule has 26 heavy (non-hydrogen) atoms.